The molecule has 1 aromatic carbocycles. The van der Waals surface area contributed by atoms with E-state index in [1.165, 1.54) is 10.5 Å². The molecular formula is C14H20N4O2S. The number of aromatic amines is 1. The van der Waals surface area contributed by atoms with Gasteiger partial charge in [-0.1, -0.05) is 17.7 Å². The van der Waals surface area contributed by atoms with Crippen LogP contribution >= 0.6 is 0 Å². The van der Waals surface area contributed by atoms with Gasteiger partial charge in [-0.3, -0.25) is 9.40 Å². The zero-order valence-electron chi connectivity index (χ0n) is 12.2. The van der Waals surface area contributed by atoms with Crippen molar-refractivity contribution in [3.8, 4) is 0 Å². The van der Waals surface area contributed by atoms with Crippen molar-refractivity contribution in [2.75, 3.05) is 17.4 Å². The Kier molecular flexibility index (Phi) is 4.64. The molecule has 0 atom stereocenters. The number of H-pyrrole nitrogens is 1. The van der Waals surface area contributed by atoms with Crippen LogP contribution in [0.15, 0.2) is 35.4 Å². The smallest absolute Gasteiger partial charge is 0.267 e. The summed E-state index contributed by atoms with van der Waals surface area (Å²) in [5.41, 5.74) is 7.77. The van der Waals surface area contributed by atoms with Crippen molar-refractivity contribution in [3.05, 3.63) is 41.7 Å². The third kappa shape index (κ3) is 3.25. The highest BCUT2D eigenvalue weighted by atomic mass is 32.2. The van der Waals surface area contributed by atoms with Crippen LogP contribution in [0.2, 0.25) is 0 Å². The fraction of sp³-hybridized carbons (Fsp3) is 0.357. The molecule has 21 heavy (non-hydrogen) atoms. The Labute approximate surface area is 125 Å². The molecule has 2 rings (SSSR count). The van der Waals surface area contributed by atoms with Crippen molar-refractivity contribution in [3.63, 3.8) is 0 Å². The van der Waals surface area contributed by atoms with E-state index in [1.807, 2.05) is 19.1 Å². The molecule has 3 N–H and O–H groups in total. The van der Waals surface area contributed by atoms with E-state index in [4.69, 9.17) is 5.73 Å². The molecule has 0 saturated carbocycles. The minimum Gasteiger partial charge on any atom is -0.330 e. The van der Waals surface area contributed by atoms with Gasteiger partial charge in [0.1, 0.15) is 4.90 Å². The van der Waals surface area contributed by atoms with Crippen molar-refractivity contribution >= 4 is 15.7 Å². The van der Waals surface area contributed by atoms with E-state index >= 15 is 0 Å². The minimum absolute atomic E-state index is 0.195. The number of hydrogen-bond donors (Lipinski definition) is 2. The van der Waals surface area contributed by atoms with Gasteiger partial charge >= 0.3 is 0 Å². The normalized spacial score (nSPS) is 11.6. The zero-order valence-corrected chi connectivity index (χ0v) is 13.0. The monoisotopic (exact) mass is 308 g/mol. The lowest BCUT2D eigenvalue weighted by atomic mass is 10.2. The van der Waals surface area contributed by atoms with Gasteiger partial charge in [0.25, 0.3) is 10.0 Å². The highest BCUT2D eigenvalue weighted by molar-refractivity contribution is 7.92. The van der Waals surface area contributed by atoms with Gasteiger partial charge in [-0.25, -0.2) is 8.42 Å². The van der Waals surface area contributed by atoms with Gasteiger partial charge in [-0.2, -0.15) is 5.10 Å². The topological polar surface area (TPSA) is 92.1 Å². The van der Waals surface area contributed by atoms with Gasteiger partial charge in [0.05, 0.1) is 17.6 Å². The Hall–Kier alpha value is -1.86. The van der Waals surface area contributed by atoms with Gasteiger partial charge in [0.2, 0.25) is 0 Å². The second-order valence-corrected chi connectivity index (χ2v) is 6.74. The Morgan fingerprint density at radius 2 is 1.90 bits per heavy atom. The molecule has 114 valence electrons. The third-order valence-electron chi connectivity index (χ3n) is 3.24. The zero-order chi connectivity index (χ0) is 15.5. The summed E-state index contributed by atoms with van der Waals surface area (Å²) in [6.07, 6.45) is 1.93. The first-order valence-electron chi connectivity index (χ1n) is 6.76. The van der Waals surface area contributed by atoms with E-state index in [9.17, 15) is 8.42 Å². The Morgan fingerprint density at radius 1 is 1.24 bits per heavy atom. The summed E-state index contributed by atoms with van der Waals surface area (Å²) in [5, 5.41) is 6.47. The number of nitrogens with one attached hydrogen (secondary N) is 1. The molecule has 0 spiro atoms. The average Bonchev–Trinajstić information content (AvgIpc) is 2.88. The van der Waals surface area contributed by atoms with Crippen LogP contribution in [0.5, 0.6) is 0 Å². The number of sulfonamides is 1. The number of aromatic nitrogens is 2. The number of benzene rings is 1. The lowest BCUT2D eigenvalue weighted by Crippen LogP contribution is -2.33. The summed E-state index contributed by atoms with van der Waals surface area (Å²) in [6, 6.07) is 7.39. The molecule has 0 unspecified atom stereocenters. The predicted octanol–water partition coefficient (Wildman–Crippen LogP) is 1.57. The molecule has 1 aromatic heterocycles. The first-order valence-corrected chi connectivity index (χ1v) is 8.20. The van der Waals surface area contributed by atoms with E-state index < -0.39 is 10.0 Å². The van der Waals surface area contributed by atoms with E-state index in [-0.39, 0.29) is 4.90 Å². The molecule has 0 amide bonds. The van der Waals surface area contributed by atoms with Crippen LogP contribution < -0.4 is 10.0 Å². The maximum Gasteiger partial charge on any atom is 0.267 e. The van der Waals surface area contributed by atoms with Crippen LogP contribution in [-0.4, -0.2) is 31.7 Å². The molecular weight excluding hydrogens is 288 g/mol. The van der Waals surface area contributed by atoms with Crippen molar-refractivity contribution in [2.45, 2.75) is 25.2 Å². The van der Waals surface area contributed by atoms with Gasteiger partial charge in [0.15, 0.2) is 0 Å². The van der Waals surface area contributed by atoms with Gasteiger partial charge < -0.3 is 5.73 Å². The van der Waals surface area contributed by atoms with E-state index in [1.54, 1.807) is 19.1 Å². The summed E-state index contributed by atoms with van der Waals surface area (Å²) < 4.78 is 27.0. The van der Waals surface area contributed by atoms with Crippen LogP contribution in [0, 0.1) is 13.8 Å². The second-order valence-electron chi connectivity index (χ2n) is 4.91. The Morgan fingerprint density at radius 3 is 2.43 bits per heavy atom. The molecule has 0 aliphatic heterocycles. The summed E-state index contributed by atoms with van der Waals surface area (Å²) in [4.78, 5) is 0.195. The number of anilines is 1. The molecule has 1 heterocycles. The maximum absolute atomic E-state index is 12.8. The van der Waals surface area contributed by atoms with Gasteiger partial charge in [0, 0.05) is 6.54 Å². The second kappa shape index (κ2) is 6.28. The molecule has 0 saturated heterocycles. The summed E-state index contributed by atoms with van der Waals surface area (Å²) in [5.74, 6) is 0. The number of nitrogens with two attached hydrogens (primary N) is 1. The van der Waals surface area contributed by atoms with Crippen molar-refractivity contribution in [1.82, 2.24) is 10.2 Å². The number of rotatable bonds is 6. The van der Waals surface area contributed by atoms with Crippen molar-refractivity contribution in [2.24, 2.45) is 5.73 Å². The van der Waals surface area contributed by atoms with E-state index in [0.717, 1.165) is 5.56 Å². The highest BCUT2D eigenvalue weighted by Gasteiger charge is 2.27. The molecule has 0 aliphatic carbocycles. The summed E-state index contributed by atoms with van der Waals surface area (Å²) >= 11 is 0. The van der Waals surface area contributed by atoms with Crippen LogP contribution in [0.4, 0.5) is 5.69 Å². The lowest BCUT2D eigenvalue weighted by Gasteiger charge is -2.24. The number of hydrogen-bond acceptors (Lipinski definition) is 4. The van der Waals surface area contributed by atoms with Crippen LogP contribution in [-0.2, 0) is 10.0 Å². The van der Waals surface area contributed by atoms with Gasteiger partial charge in [-0.05, 0) is 38.9 Å². The molecule has 7 heteroatoms. The van der Waals surface area contributed by atoms with E-state index in [0.29, 0.717) is 30.9 Å². The quantitative estimate of drug-likeness (QED) is 0.847. The van der Waals surface area contributed by atoms with Crippen molar-refractivity contribution < 1.29 is 8.42 Å². The van der Waals surface area contributed by atoms with Crippen molar-refractivity contribution in [1.29, 1.82) is 0 Å². The fourth-order valence-electron chi connectivity index (χ4n) is 2.05. The fourth-order valence-corrected chi connectivity index (χ4v) is 3.68. The first kappa shape index (κ1) is 15.5. The molecule has 0 radical (unpaired) electrons. The molecule has 2 aromatic rings. The molecule has 0 aliphatic rings. The SMILES string of the molecule is Cc1ccc(N(CCCN)S(=O)(=O)c2cn[nH]c2C)cc1. The third-order valence-corrected chi connectivity index (χ3v) is 5.18. The maximum atomic E-state index is 12.8. The molecule has 6 nitrogen and oxygen atoms in total. The lowest BCUT2D eigenvalue weighted by molar-refractivity contribution is 0.589. The van der Waals surface area contributed by atoms with Crippen LogP contribution in [0.3, 0.4) is 0 Å². The first-order chi connectivity index (χ1) is 9.96. The summed E-state index contributed by atoms with van der Waals surface area (Å²) in [6.45, 7) is 4.42. The molecule has 0 fully saturated rings. The van der Waals surface area contributed by atoms with Crippen LogP contribution in [0.1, 0.15) is 17.7 Å². The van der Waals surface area contributed by atoms with Crippen LogP contribution in [0.25, 0.3) is 0 Å². The number of aryl methyl sites for hydroxylation is 2. The van der Waals surface area contributed by atoms with Gasteiger partial charge in [-0.15, -0.1) is 0 Å². The van der Waals surface area contributed by atoms with E-state index in [2.05, 4.69) is 10.2 Å². The Balaban J connectivity index is 2.45. The summed E-state index contributed by atoms with van der Waals surface area (Å²) in [7, 11) is -3.64. The standard InChI is InChI=1S/C14H20N4O2S/c1-11-4-6-13(7-5-11)18(9-3-8-15)21(19,20)14-10-16-17-12(14)2/h4-7,10H,3,8-9,15H2,1-2H3,(H,16,17). The molecule has 0 bridgehead atoms. The average molecular weight is 308 g/mol. The minimum atomic E-state index is -3.64. The largest absolute Gasteiger partial charge is 0.330 e. The highest BCUT2D eigenvalue weighted by Crippen LogP contribution is 2.25. The number of nitrogens with zero attached hydrogens (tertiary/aromatic N) is 2. The predicted molar refractivity (Wildman–Crippen MR) is 82.7 cm³/mol. The Bertz CT molecular complexity index is 692.